The third-order valence-corrected chi connectivity index (χ3v) is 4.07. The highest BCUT2D eigenvalue weighted by Crippen LogP contribution is 2.46. The number of fused-ring (bicyclic) bond motifs is 7. The standard InChI is InChI=1S/C18H12N4/c1-2-8-14-13(7-1)21-17-11-5-3-9-19-15(11)16-12(18(17)22-14)6-4-10-20-16/h1-10,21-22H. The molecule has 0 atom stereocenters. The molecule has 3 heterocycles. The number of benzene rings is 2. The van der Waals surface area contributed by atoms with Gasteiger partial charge in [0.15, 0.2) is 0 Å². The molecule has 2 N–H and O–H groups in total. The molecule has 4 heteroatoms. The van der Waals surface area contributed by atoms with Crippen LogP contribution in [0, 0.1) is 0 Å². The first-order chi connectivity index (χ1) is 10.9. The molecule has 5 rings (SSSR count). The number of nitrogens with zero attached hydrogens (tertiary/aromatic N) is 2. The molecule has 0 amide bonds. The minimum absolute atomic E-state index is 0.922. The second-order valence-electron chi connectivity index (χ2n) is 5.34. The Morgan fingerprint density at radius 2 is 1.09 bits per heavy atom. The third kappa shape index (κ3) is 1.46. The maximum Gasteiger partial charge on any atom is 0.0987 e. The molecule has 2 aromatic heterocycles. The van der Waals surface area contributed by atoms with E-state index in [9.17, 15) is 0 Å². The quantitative estimate of drug-likeness (QED) is 0.408. The second kappa shape index (κ2) is 4.18. The van der Waals surface area contributed by atoms with Crippen molar-refractivity contribution in [2.75, 3.05) is 10.6 Å². The van der Waals surface area contributed by atoms with E-state index < -0.39 is 0 Å². The number of pyridine rings is 2. The molecule has 2 aromatic carbocycles. The zero-order chi connectivity index (χ0) is 14.5. The Labute approximate surface area is 126 Å². The molecule has 0 radical (unpaired) electrons. The number of hydrogen-bond donors (Lipinski definition) is 2. The molecule has 0 saturated carbocycles. The van der Waals surface area contributed by atoms with E-state index in [1.807, 2.05) is 36.7 Å². The number of anilines is 4. The molecule has 1 aliphatic heterocycles. The highest BCUT2D eigenvalue weighted by atomic mass is 15.0. The van der Waals surface area contributed by atoms with Gasteiger partial charge in [-0.3, -0.25) is 9.97 Å². The predicted octanol–water partition coefficient (Wildman–Crippen LogP) is 4.58. The van der Waals surface area contributed by atoms with E-state index in [1.54, 1.807) is 0 Å². The summed E-state index contributed by atoms with van der Waals surface area (Å²) in [5.74, 6) is 0. The monoisotopic (exact) mass is 284 g/mol. The highest BCUT2D eigenvalue weighted by Gasteiger charge is 2.20. The molecule has 0 spiro atoms. The van der Waals surface area contributed by atoms with Crippen LogP contribution in [0.3, 0.4) is 0 Å². The van der Waals surface area contributed by atoms with Crippen molar-refractivity contribution < 1.29 is 0 Å². The lowest BCUT2D eigenvalue weighted by Gasteiger charge is -2.25. The summed E-state index contributed by atoms with van der Waals surface area (Å²) < 4.78 is 0. The van der Waals surface area contributed by atoms with Crippen LogP contribution in [0.25, 0.3) is 21.8 Å². The van der Waals surface area contributed by atoms with Crippen molar-refractivity contribution in [1.82, 2.24) is 9.97 Å². The zero-order valence-corrected chi connectivity index (χ0v) is 11.7. The number of aromatic nitrogens is 2. The van der Waals surface area contributed by atoms with Gasteiger partial charge in [0.05, 0.1) is 33.8 Å². The van der Waals surface area contributed by atoms with E-state index in [0.29, 0.717) is 0 Å². The van der Waals surface area contributed by atoms with Crippen molar-refractivity contribution in [3.63, 3.8) is 0 Å². The van der Waals surface area contributed by atoms with E-state index >= 15 is 0 Å². The van der Waals surface area contributed by atoms with Crippen molar-refractivity contribution in [2.45, 2.75) is 0 Å². The topological polar surface area (TPSA) is 49.8 Å². The zero-order valence-electron chi connectivity index (χ0n) is 11.7. The van der Waals surface area contributed by atoms with Gasteiger partial charge in [-0.2, -0.15) is 0 Å². The average Bonchev–Trinajstić information content (AvgIpc) is 2.61. The average molecular weight is 284 g/mol. The molecule has 0 saturated heterocycles. The van der Waals surface area contributed by atoms with Gasteiger partial charge in [0.25, 0.3) is 0 Å². The van der Waals surface area contributed by atoms with E-state index in [2.05, 4.69) is 44.9 Å². The summed E-state index contributed by atoms with van der Waals surface area (Å²) in [4.78, 5) is 9.09. The summed E-state index contributed by atoms with van der Waals surface area (Å²) in [6, 6.07) is 16.3. The van der Waals surface area contributed by atoms with Crippen molar-refractivity contribution >= 4 is 44.6 Å². The number of hydrogen-bond acceptors (Lipinski definition) is 4. The van der Waals surface area contributed by atoms with Crippen LogP contribution in [0.5, 0.6) is 0 Å². The fourth-order valence-electron chi connectivity index (χ4n) is 3.09. The van der Waals surface area contributed by atoms with Crippen LogP contribution in [-0.4, -0.2) is 9.97 Å². The Balaban J connectivity index is 1.94. The first-order valence-corrected chi connectivity index (χ1v) is 7.20. The van der Waals surface area contributed by atoms with Gasteiger partial charge in [0.2, 0.25) is 0 Å². The van der Waals surface area contributed by atoms with Gasteiger partial charge in [0, 0.05) is 23.2 Å². The molecule has 104 valence electrons. The predicted molar refractivity (Wildman–Crippen MR) is 90.1 cm³/mol. The molecule has 1 aliphatic rings. The Morgan fingerprint density at radius 3 is 1.59 bits per heavy atom. The van der Waals surface area contributed by atoms with Gasteiger partial charge in [0.1, 0.15) is 0 Å². The second-order valence-corrected chi connectivity index (χ2v) is 5.34. The molecule has 4 aromatic rings. The minimum atomic E-state index is 0.922. The lowest BCUT2D eigenvalue weighted by Crippen LogP contribution is -2.08. The maximum absolute atomic E-state index is 4.54. The van der Waals surface area contributed by atoms with Crippen LogP contribution in [0.4, 0.5) is 22.7 Å². The van der Waals surface area contributed by atoms with Crippen molar-refractivity contribution in [3.05, 3.63) is 60.9 Å². The smallest absolute Gasteiger partial charge is 0.0987 e. The van der Waals surface area contributed by atoms with Gasteiger partial charge in [-0.1, -0.05) is 12.1 Å². The van der Waals surface area contributed by atoms with Crippen LogP contribution in [0.2, 0.25) is 0 Å². The van der Waals surface area contributed by atoms with Gasteiger partial charge >= 0.3 is 0 Å². The minimum Gasteiger partial charge on any atom is -0.352 e. The van der Waals surface area contributed by atoms with Crippen molar-refractivity contribution in [1.29, 1.82) is 0 Å². The van der Waals surface area contributed by atoms with Crippen molar-refractivity contribution in [2.24, 2.45) is 0 Å². The fraction of sp³-hybridized carbons (Fsp3) is 0. The SMILES string of the molecule is c1ccc2c(c1)Nc1c(c3cccnc3c3ncccc13)N2. The first-order valence-electron chi connectivity index (χ1n) is 7.20. The molecule has 0 fully saturated rings. The fourth-order valence-corrected chi connectivity index (χ4v) is 3.09. The van der Waals surface area contributed by atoms with Crippen LogP contribution >= 0.6 is 0 Å². The van der Waals surface area contributed by atoms with Gasteiger partial charge in [-0.25, -0.2) is 0 Å². The van der Waals surface area contributed by atoms with Crippen LogP contribution in [0.1, 0.15) is 0 Å². The molecule has 22 heavy (non-hydrogen) atoms. The Bertz CT molecular complexity index is 956. The molecule has 0 bridgehead atoms. The Hall–Kier alpha value is -3.14. The number of rotatable bonds is 0. The van der Waals surface area contributed by atoms with Gasteiger partial charge < -0.3 is 10.6 Å². The van der Waals surface area contributed by atoms with Gasteiger partial charge in [-0.15, -0.1) is 0 Å². The number of para-hydroxylation sites is 2. The van der Waals surface area contributed by atoms with Crippen LogP contribution in [0.15, 0.2) is 60.9 Å². The van der Waals surface area contributed by atoms with Crippen molar-refractivity contribution in [3.8, 4) is 0 Å². The van der Waals surface area contributed by atoms with Crippen LogP contribution in [-0.2, 0) is 0 Å². The molecule has 4 nitrogen and oxygen atoms in total. The summed E-state index contributed by atoms with van der Waals surface area (Å²) in [6.07, 6.45) is 3.63. The van der Waals surface area contributed by atoms with E-state index in [4.69, 9.17) is 0 Å². The van der Waals surface area contributed by atoms with E-state index in [-0.39, 0.29) is 0 Å². The molecule has 0 aliphatic carbocycles. The Kier molecular flexibility index (Phi) is 2.19. The summed E-state index contributed by atoms with van der Waals surface area (Å²) in [6.45, 7) is 0. The molecular weight excluding hydrogens is 272 g/mol. The summed E-state index contributed by atoms with van der Waals surface area (Å²) >= 11 is 0. The molecular formula is C18H12N4. The normalized spacial score (nSPS) is 12.4. The van der Waals surface area contributed by atoms with Crippen LogP contribution < -0.4 is 10.6 Å². The summed E-state index contributed by atoms with van der Waals surface area (Å²) in [5, 5.41) is 9.24. The lowest BCUT2D eigenvalue weighted by molar-refractivity contribution is 1.37. The first kappa shape index (κ1) is 11.5. The summed E-state index contributed by atoms with van der Waals surface area (Å²) in [5.41, 5.74) is 6.10. The Morgan fingerprint density at radius 1 is 0.591 bits per heavy atom. The molecule has 0 unspecified atom stereocenters. The van der Waals surface area contributed by atoms with Gasteiger partial charge in [-0.05, 0) is 36.4 Å². The number of nitrogens with one attached hydrogen (secondary N) is 2. The largest absolute Gasteiger partial charge is 0.352 e. The van der Waals surface area contributed by atoms with E-state index in [1.165, 1.54) is 0 Å². The third-order valence-electron chi connectivity index (χ3n) is 4.07. The maximum atomic E-state index is 4.54. The lowest BCUT2D eigenvalue weighted by atomic mass is 10.0. The highest BCUT2D eigenvalue weighted by molar-refractivity contribution is 6.20. The van der Waals surface area contributed by atoms with E-state index in [0.717, 1.165) is 44.6 Å². The summed E-state index contributed by atoms with van der Waals surface area (Å²) in [7, 11) is 0.